The van der Waals surface area contributed by atoms with Crippen LogP contribution in [0.3, 0.4) is 0 Å². The largest absolute Gasteiger partial charge is 0.507 e. The van der Waals surface area contributed by atoms with Gasteiger partial charge in [-0.3, -0.25) is 14.3 Å². The zero-order valence-electron chi connectivity index (χ0n) is 27.3. The maximum Gasteiger partial charge on any atom is 0.273 e. The van der Waals surface area contributed by atoms with Gasteiger partial charge in [-0.1, -0.05) is 58.4 Å². The number of oxazole rings is 1. The summed E-state index contributed by atoms with van der Waals surface area (Å²) in [4.78, 5) is 29.4. The van der Waals surface area contributed by atoms with Crippen LogP contribution in [0.25, 0.3) is 17.4 Å². The fourth-order valence-corrected chi connectivity index (χ4v) is 5.04. The standard InChI is InChI=1S/C34H41ClN6O5/c1-33(2,3)24-15-21(16-25(30(24)43)34(4,5)6)9-12-28(42)37-18-23-19-41(40-39-23)14-8-13-36-32(44)29-31(46-20-38-29)22-10-11-27(45-7)26(35)17-22/h9-12,15-17,19-20,43H,8,13-14,18H2,1-7H3,(H,36,44)(H,37,42)/b12-9+. The number of phenols is 1. The summed E-state index contributed by atoms with van der Waals surface area (Å²) < 4.78 is 12.3. The molecule has 4 rings (SSSR count). The second-order valence-electron chi connectivity index (χ2n) is 13.0. The zero-order valence-corrected chi connectivity index (χ0v) is 28.0. The van der Waals surface area contributed by atoms with Crippen molar-refractivity contribution in [2.75, 3.05) is 13.7 Å². The number of nitrogens with zero attached hydrogens (tertiary/aromatic N) is 4. The first-order valence-corrected chi connectivity index (χ1v) is 15.3. The number of ether oxygens (including phenoxy) is 1. The molecule has 12 heteroatoms. The van der Waals surface area contributed by atoms with Crippen molar-refractivity contribution in [3.05, 3.63) is 82.1 Å². The molecule has 2 aromatic carbocycles. The van der Waals surface area contributed by atoms with Gasteiger partial charge in [-0.25, -0.2) is 4.98 Å². The van der Waals surface area contributed by atoms with Gasteiger partial charge in [0.05, 0.1) is 24.9 Å². The summed E-state index contributed by atoms with van der Waals surface area (Å²) in [7, 11) is 1.52. The van der Waals surface area contributed by atoms with Crippen LogP contribution < -0.4 is 15.4 Å². The van der Waals surface area contributed by atoms with E-state index < -0.39 is 0 Å². The Bertz CT molecular complexity index is 1690. The molecule has 0 bridgehead atoms. The normalized spacial score (nSPS) is 12.0. The van der Waals surface area contributed by atoms with Gasteiger partial charge in [0.15, 0.2) is 17.8 Å². The van der Waals surface area contributed by atoms with Crippen molar-refractivity contribution in [2.24, 2.45) is 0 Å². The van der Waals surface area contributed by atoms with Crippen LogP contribution in [0, 0.1) is 0 Å². The molecule has 2 amide bonds. The molecule has 4 aromatic rings. The van der Waals surface area contributed by atoms with Crippen LogP contribution in [0.4, 0.5) is 0 Å². The molecule has 2 aromatic heterocycles. The summed E-state index contributed by atoms with van der Waals surface area (Å²) in [5.74, 6) is 0.478. The van der Waals surface area contributed by atoms with Crippen molar-refractivity contribution in [1.82, 2.24) is 30.6 Å². The lowest BCUT2D eigenvalue weighted by Gasteiger charge is -2.27. The van der Waals surface area contributed by atoms with E-state index in [0.717, 1.165) is 16.7 Å². The Morgan fingerprint density at radius 1 is 1.07 bits per heavy atom. The molecule has 0 saturated heterocycles. The van der Waals surface area contributed by atoms with Gasteiger partial charge in [0.1, 0.15) is 17.2 Å². The fourth-order valence-electron chi connectivity index (χ4n) is 4.78. The predicted octanol–water partition coefficient (Wildman–Crippen LogP) is 6.05. The molecule has 0 fully saturated rings. The summed E-state index contributed by atoms with van der Waals surface area (Å²) in [5.41, 5.74) is 3.34. The number of methoxy groups -OCH3 is 1. The van der Waals surface area contributed by atoms with Gasteiger partial charge in [0.25, 0.3) is 5.91 Å². The van der Waals surface area contributed by atoms with Gasteiger partial charge < -0.3 is 24.9 Å². The highest BCUT2D eigenvalue weighted by atomic mass is 35.5. The van der Waals surface area contributed by atoms with E-state index in [4.69, 9.17) is 20.8 Å². The number of carbonyl (C=O) groups excluding carboxylic acids is 2. The first-order chi connectivity index (χ1) is 21.7. The molecule has 0 radical (unpaired) electrons. The smallest absolute Gasteiger partial charge is 0.273 e. The minimum Gasteiger partial charge on any atom is -0.507 e. The first-order valence-electron chi connectivity index (χ1n) is 15.0. The summed E-state index contributed by atoms with van der Waals surface area (Å²) in [6, 6.07) is 8.93. The minimum absolute atomic E-state index is 0.156. The third-order valence-corrected chi connectivity index (χ3v) is 7.55. The lowest BCUT2D eigenvalue weighted by atomic mass is 9.78. The van der Waals surface area contributed by atoms with E-state index in [1.165, 1.54) is 19.6 Å². The number of benzene rings is 2. The van der Waals surface area contributed by atoms with Gasteiger partial charge in [0.2, 0.25) is 5.91 Å². The average Bonchev–Trinajstić information content (AvgIpc) is 3.66. The number of aryl methyl sites for hydroxylation is 1. The highest BCUT2D eigenvalue weighted by Crippen LogP contribution is 2.40. The Morgan fingerprint density at radius 3 is 2.39 bits per heavy atom. The Kier molecular flexibility index (Phi) is 10.6. The third kappa shape index (κ3) is 8.54. The van der Waals surface area contributed by atoms with Crippen molar-refractivity contribution < 1.29 is 23.8 Å². The Labute approximate surface area is 274 Å². The SMILES string of the molecule is COc1ccc(-c2ocnc2C(=O)NCCCn2cc(CNC(=O)/C=C/c3cc(C(C)(C)C)c(O)c(C(C)(C)C)c3)nn2)cc1Cl. The number of nitrogens with one attached hydrogen (secondary N) is 2. The van der Waals surface area contributed by atoms with Crippen LogP contribution in [-0.2, 0) is 28.7 Å². The number of carbonyl (C=O) groups is 2. The zero-order chi connectivity index (χ0) is 33.6. The quantitative estimate of drug-likeness (QED) is 0.132. The third-order valence-electron chi connectivity index (χ3n) is 7.25. The molecule has 46 heavy (non-hydrogen) atoms. The number of rotatable bonds is 11. The lowest BCUT2D eigenvalue weighted by Crippen LogP contribution is -2.26. The fraction of sp³-hybridized carbons (Fsp3) is 0.382. The maximum absolute atomic E-state index is 12.8. The molecule has 0 aliphatic heterocycles. The Hall–Kier alpha value is -4.64. The molecule has 3 N–H and O–H groups in total. The van der Waals surface area contributed by atoms with E-state index in [1.54, 1.807) is 35.2 Å². The number of hydrogen-bond donors (Lipinski definition) is 3. The molecule has 244 valence electrons. The van der Waals surface area contributed by atoms with Crippen molar-refractivity contribution in [1.29, 1.82) is 0 Å². The Morgan fingerprint density at radius 2 is 1.76 bits per heavy atom. The summed E-state index contributed by atoms with van der Waals surface area (Å²) >= 11 is 6.22. The van der Waals surface area contributed by atoms with E-state index in [1.807, 2.05) is 53.7 Å². The second kappa shape index (κ2) is 14.2. The van der Waals surface area contributed by atoms with Crippen molar-refractivity contribution in [3.8, 4) is 22.8 Å². The van der Waals surface area contributed by atoms with Crippen LogP contribution in [0.5, 0.6) is 11.5 Å². The van der Waals surface area contributed by atoms with Crippen LogP contribution >= 0.6 is 11.6 Å². The molecule has 2 heterocycles. The molecule has 0 atom stereocenters. The molecule has 0 unspecified atom stereocenters. The molecular formula is C34H41ClN6O5. The van der Waals surface area contributed by atoms with Crippen LogP contribution in [-0.4, -0.2) is 50.6 Å². The Balaban J connectivity index is 1.26. The number of halogens is 1. The first kappa shape index (κ1) is 34.2. The maximum atomic E-state index is 12.8. The number of aromatic hydroxyl groups is 1. The van der Waals surface area contributed by atoms with E-state index in [9.17, 15) is 14.7 Å². The second-order valence-corrected chi connectivity index (χ2v) is 13.4. The van der Waals surface area contributed by atoms with Crippen molar-refractivity contribution in [2.45, 2.75) is 71.9 Å². The van der Waals surface area contributed by atoms with Crippen molar-refractivity contribution >= 4 is 29.5 Å². The monoisotopic (exact) mass is 648 g/mol. The highest BCUT2D eigenvalue weighted by Gasteiger charge is 2.26. The van der Waals surface area contributed by atoms with Crippen LogP contribution in [0.2, 0.25) is 5.02 Å². The highest BCUT2D eigenvalue weighted by molar-refractivity contribution is 6.32. The summed E-state index contributed by atoms with van der Waals surface area (Å²) in [5, 5.41) is 25.2. The van der Waals surface area contributed by atoms with E-state index >= 15 is 0 Å². The lowest BCUT2D eigenvalue weighted by molar-refractivity contribution is -0.116. The van der Waals surface area contributed by atoms with Gasteiger partial charge in [-0.15, -0.1) is 5.10 Å². The number of phenolic OH excluding ortho intramolecular Hbond substituents is 1. The predicted molar refractivity (Wildman–Crippen MR) is 177 cm³/mol. The van der Waals surface area contributed by atoms with Gasteiger partial charge in [0, 0.05) is 35.9 Å². The molecule has 0 aliphatic carbocycles. The molecule has 0 saturated carbocycles. The van der Waals surface area contributed by atoms with E-state index in [0.29, 0.717) is 53.0 Å². The molecule has 11 nitrogen and oxygen atoms in total. The number of aromatic nitrogens is 4. The number of hydrogen-bond acceptors (Lipinski definition) is 8. The van der Waals surface area contributed by atoms with E-state index in [-0.39, 0.29) is 34.9 Å². The van der Waals surface area contributed by atoms with Gasteiger partial charge >= 0.3 is 0 Å². The molecule has 0 aliphatic rings. The number of amides is 2. The van der Waals surface area contributed by atoms with E-state index in [2.05, 4.69) is 25.9 Å². The summed E-state index contributed by atoms with van der Waals surface area (Å²) in [6.07, 6.45) is 6.78. The average molecular weight is 649 g/mol. The van der Waals surface area contributed by atoms with Crippen LogP contribution in [0.15, 0.2) is 53.4 Å². The van der Waals surface area contributed by atoms with Gasteiger partial charge in [-0.2, -0.15) is 0 Å². The molecular weight excluding hydrogens is 608 g/mol. The van der Waals surface area contributed by atoms with Crippen LogP contribution in [0.1, 0.15) is 80.8 Å². The topological polar surface area (TPSA) is 144 Å². The summed E-state index contributed by atoms with van der Waals surface area (Å²) in [6.45, 7) is 13.4. The van der Waals surface area contributed by atoms with Crippen molar-refractivity contribution in [3.63, 3.8) is 0 Å². The molecule has 0 spiro atoms. The van der Waals surface area contributed by atoms with Gasteiger partial charge in [-0.05, 0) is 59.2 Å². The minimum atomic E-state index is -0.373.